The number of aliphatic hydroxyl groups excluding tert-OH is 1. The minimum Gasteiger partial charge on any atom is -0.456 e. The summed E-state index contributed by atoms with van der Waals surface area (Å²) in [5.41, 5.74) is 1.37. The summed E-state index contributed by atoms with van der Waals surface area (Å²) in [5.74, 6) is 0.718. The van der Waals surface area contributed by atoms with Gasteiger partial charge in [0.1, 0.15) is 17.3 Å². The topological polar surface area (TPSA) is 29.5 Å². The van der Waals surface area contributed by atoms with Gasteiger partial charge in [-0.15, -0.1) is 0 Å². The number of ether oxygens (including phenoxy) is 1. The Kier molecular flexibility index (Phi) is 4.22. The first-order valence-corrected chi connectivity index (χ1v) is 6.68. The lowest BCUT2D eigenvalue weighted by Gasteiger charge is -2.11. The Bertz CT molecular complexity index is 597. The minimum absolute atomic E-state index is 0.297. The molecule has 0 aliphatic carbocycles. The van der Waals surface area contributed by atoms with Gasteiger partial charge in [-0.25, -0.2) is 4.39 Å². The molecule has 0 amide bonds. The Morgan fingerprint density at radius 3 is 2.53 bits per heavy atom. The van der Waals surface area contributed by atoms with Gasteiger partial charge in [0.15, 0.2) is 0 Å². The molecule has 0 heterocycles. The summed E-state index contributed by atoms with van der Waals surface area (Å²) in [6.45, 7) is 3.39. The summed E-state index contributed by atoms with van der Waals surface area (Å²) in [6, 6.07) is 10.0. The molecular weight excluding hydrogens is 311 g/mol. The van der Waals surface area contributed by atoms with Crippen LogP contribution in [0.1, 0.15) is 24.2 Å². The van der Waals surface area contributed by atoms with Crippen LogP contribution < -0.4 is 4.74 Å². The number of benzene rings is 2. The molecule has 0 unspecified atom stereocenters. The fourth-order valence-electron chi connectivity index (χ4n) is 1.62. The van der Waals surface area contributed by atoms with E-state index in [9.17, 15) is 9.50 Å². The maximum Gasteiger partial charge on any atom is 0.141 e. The van der Waals surface area contributed by atoms with Crippen LogP contribution in [-0.2, 0) is 0 Å². The maximum atomic E-state index is 13.4. The zero-order chi connectivity index (χ0) is 14.0. The Labute approximate surface area is 120 Å². The van der Waals surface area contributed by atoms with Crippen molar-refractivity contribution in [1.29, 1.82) is 0 Å². The van der Waals surface area contributed by atoms with Gasteiger partial charge in [-0.1, -0.05) is 12.1 Å². The number of aliphatic hydroxyl groups is 1. The molecule has 1 N–H and O–H groups in total. The first kappa shape index (κ1) is 14.0. The molecule has 0 saturated heterocycles. The average Bonchev–Trinajstić information content (AvgIpc) is 2.36. The van der Waals surface area contributed by atoms with Crippen molar-refractivity contribution in [2.45, 2.75) is 20.0 Å². The molecule has 0 aliphatic heterocycles. The molecule has 0 radical (unpaired) electrons. The highest BCUT2D eigenvalue weighted by Crippen LogP contribution is 2.32. The summed E-state index contributed by atoms with van der Waals surface area (Å²) >= 11 is 3.38. The summed E-state index contributed by atoms with van der Waals surface area (Å²) in [4.78, 5) is 0. The molecule has 0 fully saturated rings. The second-order valence-electron chi connectivity index (χ2n) is 4.38. The molecule has 19 heavy (non-hydrogen) atoms. The van der Waals surface area contributed by atoms with Gasteiger partial charge in [0.25, 0.3) is 0 Å². The Morgan fingerprint density at radius 2 is 1.95 bits per heavy atom. The number of rotatable bonds is 3. The Balaban J connectivity index is 2.25. The predicted octanol–water partition coefficient (Wildman–Crippen LogP) is 4.74. The summed E-state index contributed by atoms with van der Waals surface area (Å²) in [5, 5.41) is 9.48. The third-order valence-corrected chi connectivity index (χ3v) is 3.43. The van der Waals surface area contributed by atoms with Gasteiger partial charge in [0.2, 0.25) is 0 Å². The molecule has 2 nitrogen and oxygen atoms in total. The SMILES string of the molecule is Cc1ccc(Oc2ccc([C@@H](C)O)cc2Br)cc1F. The second kappa shape index (κ2) is 5.72. The first-order chi connectivity index (χ1) is 8.97. The van der Waals surface area contributed by atoms with E-state index in [0.717, 1.165) is 5.56 Å². The van der Waals surface area contributed by atoms with E-state index < -0.39 is 6.10 Å². The number of hydrogen-bond acceptors (Lipinski definition) is 2. The van der Waals surface area contributed by atoms with Crippen molar-refractivity contribution in [3.8, 4) is 11.5 Å². The standard InChI is InChI=1S/C15H14BrFO2/c1-9-3-5-12(8-14(9)17)19-15-6-4-11(10(2)18)7-13(15)16/h3-8,10,18H,1-2H3/t10-/m1/s1. The molecule has 0 saturated carbocycles. The molecular formula is C15H14BrFO2. The summed E-state index contributed by atoms with van der Waals surface area (Å²) in [6.07, 6.45) is -0.540. The number of hydrogen-bond donors (Lipinski definition) is 1. The van der Waals surface area contributed by atoms with Crippen LogP contribution in [0.4, 0.5) is 4.39 Å². The average molecular weight is 325 g/mol. The van der Waals surface area contributed by atoms with Crippen molar-refractivity contribution in [2.75, 3.05) is 0 Å². The van der Waals surface area contributed by atoms with Crippen LogP contribution in [0.25, 0.3) is 0 Å². The molecule has 1 atom stereocenters. The number of aryl methyl sites for hydroxylation is 1. The van der Waals surface area contributed by atoms with E-state index in [2.05, 4.69) is 15.9 Å². The van der Waals surface area contributed by atoms with Gasteiger partial charge in [-0.2, -0.15) is 0 Å². The lowest BCUT2D eigenvalue weighted by molar-refractivity contribution is 0.199. The van der Waals surface area contributed by atoms with Gasteiger partial charge in [-0.3, -0.25) is 0 Å². The lowest BCUT2D eigenvalue weighted by atomic mass is 10.1. The lowest BCUT2D eigenvalue weighted by Crippen LogP contribution is -1.93. The van der Waals surface area contributed by atoms with E-state index in [4.69, 9.17) is 4.74 Å². The van der Waals surface area contributed by atoms with Crippen LogP contribution in [-0.4, -0.2) is 5.11 Å². The normalized spacial score (nSPS) is 12.3. The van der Waals surface area contributed by atoms with Crippen molar-refractivity contribution in [3.63, 3.8) is 0 Å². The van der Waals surface area contributed by atoms with Gasteiger partial charge >= 0.3 is 0 Å². The molecule has 2 aromatic carbocycles. The van der Waals surface area contributed by atoms with Crippen molar-refractivity contribution < 1.29 is 14.2 Å². The molecule has 100 valence electrons. The third-order valence-electron chi connectivity index (χ3n) is 2.81. The van der Waals surface area contributed by atoms with Crippen molar-refractivity contribution in [2.24, 2.45) is 0 Å². The summed E-state index contributed by atoms with van der Waals surface area (Å²) in [7, 11) is 0. The highest BCUT2D eigenvalue weighted by Gasteiger charge is 2.08. The third kappa shape index (κ3) is 3.33. The van der Waals surface area contributed by atoms with Crippen molar-refractivity contribution in [3.05, 3.63) is 57.8 Å². The first-order valence-electron chi connectivity index (χ1n) is 5.89. The van der Waals surface area contributed by atoms with Gasteiger partial charge < -0.3 is 9.84 Å². The van der Waals surface area contributed by atoms with Gasteiger partial charge in [0.05, 0.1) is 10.6 Å². The highest BCUT2D eigenvalue weighted by atomic mass is 79.9. The molecule has 2 rings (SSSR count). The molecule has 2 aromatic rings. The van der Waals surface area contributed by atoms with Crippen molar-refractivity contribution in [1.82, 2.24) is 0 Å². The molecule has 0 spiro atoms. The van der Waals surface area contributed by atoms with Crippen LogP contribution in [0.5, 0.6) is 11.5 Å². The van der Waals surface area contributed by atoms with E-state index in [-0.39, 0.29) is 5.82 Å². The zero-order valence-electron chi connectivity index (χ0n) is 10.7. The molecule has 0 aromatic heterocycles. The Hall–Kier alpha value is -1.39. The van der Waals surface area contributed by atoms with Gasteiger partial charge in [-0.05, 0) is 59.1 Å². The largest absolute Gasteiger partial charge is 0.456 e. The summed E-state index contributed by atoms with van der Waals surface area (Å²) < 4.78 is 19.8. The van der Waals surface area contributed by atoms with E-state index in [1.807, 2.05) is 0 Å². The van der Waals surface area contributed by atoms with E-state index in [0.29, 0.717) is 21.5 Å². The van der Waals surface area contributed by atoms with E-state index in [1.165, 1.54) is 6.07 Å². The van der Waals surface area contributed by atoms with Crippen LogP contribution in [0.3, 0.4) is 0 Å². The smallest absolute Gasteiger partial charge is 0.141 e. The monoisotopic (exact) mass is 324 g/mol. The molecule has 0 bridgehead atoms. The Morgan fingerprint density at radius 1 is 1.21 bits per heavy atom. The minimum atomic E-state index is -0.540. The quantitative estimate of drug-likeness (QED) is 0.883. The van der Waals surface area contributed by atoms with Crippen LogP contribution in [0.15, 0.2) is 40.9 Å². The highest BCUT2D eigenvalue weighted by molar-refractivity contribution is 9.10. The predicted molar refractivity (Wildman–Crippen MR) is 76.0 cm³/mol. The fraction of sp³-hybridized carbons (Fsp3) is 0.200. The maximum absolute atomic E-state index is 13.4. The zero-order valence-corrected chi connectivity index (χ0v) is 12.2. The number of halogens is 2. The van der Waals surface area contributed by atoms with E-state index in [1.54, 1.807) is 44.2 Å². The van der Waals surface area contributed by atoms with Crippen molar-refractivity contribution >= 4 is 15.9 Å². The fourth-order valence-corrected chi connectivity index (χ4v) is 2.10. The van der Waals surface area contributed by atoms with Crippen LogP contribution in [0, 0.1) is 12.7 Å². The molecule has 4 heteroatoms. The second-order valence-corrected chi connectivity index (χ2v) is 5.23. The van der Waals surface area contributed by atoms with Crippen LogP contribution >= 0.6 is 15.9 Å². The molecule has 0 aliphatic rings. The van der Waals surface area contributed by atoms with Gasteiger partial charge in [0, 0.05) is 6.07 Å². The van der Waals surface area contributed by atoms with Crippen LogP contribution in [0.2, 0.25) is 0 Å². The van der Waals surface area contributed by atoms with E-state index >= 15 is 0 Å².